The van der Waals surface area contributed by atoms with E-state index in [2.05, 4.69) is 0 Å². The summed E-state index contributed by atoms with van der Waals surface area (Å²) in [5, 5.41) is 1.76. The topological polar surface area (TPSA) is 80.9 Å². The van der Waals surface area contributed by atoms with Gasteiger partial charge in [0, 0.05) is 0 Å². The molecule has 0 radical (unpaired) electrons. The molecule has 0 saturated carbocycles. The van der Waals surface area contributed by atoms with Crippen molar-refractivity contribution in [1.29, 1.82) is 0 Å². The Kier molecular flexibility index (Phi) is 4.50. The zero-order valence-corrected chi connectivity index (χ0v) is 14.9. The highest BCUT2D eigenvalue weighted by Crippen LogP contribution is 2.01. The maximum atomic E-state index is 10.5. The van der Waals surface area contributed by atoms with E-state index in [0.717, 1.165) is 0 Å². The first-order chi connectivity index (χ1) is 11.4. The van der Waals surface area contributed by atoms with Crippen LogP contribution >= 0.6 is 0 Å². The predicted molar refractivity (Wildman–Crippen MR) is 98.2 cm³/mol. The summed E-state index contributed by atoms with van der Waals surface area (Å²) < 4.78 is 0. The number of hydrogen-bond acceptors (Lipinski definition) is 4. The quantitative estimate of drug-likeness (QED) is 0.442. The molecule has 0 aliphatic rings. The fraction of sp³-hybridized carbons (Fsp3) is 0. The molecule has 0 aliphatic heterocycles. The molecule has 0 unspecified atom stereocenters. The summed E-state index contributed by atoms with van der Waals surface area (Å²) in [6.45, 7) is 0. The molecule has 0 fully saturated rings. The van der Waals surface area contributed by atoms with Crippen molar-refractivity contribution in [2.75, 3.05) is 0 Å². The van der Waals surface area contributed by atoms with Gasteiger partial charge in [-0.25, -0.2) is 0 Å². The van der Waals surface area contributed by atoms with Crippen LogP contribution in [0.1, 0.15) is 0 Å². The zero-order chi connectivity index (χ0) is 17.2. The lowest BCUT2D eigenvalue weighted by Crippen LogP contribution is -2.61. The second-order valence-electron chi connectivity index (χ2n) is 5.65. The number of benzene rings is 3. The molecule has 3 aromatic rings. The van der Waals surface area contributed by atoms with Crippen LogP contribution in [-0.2, 0) is 0 Å². The van der Waals surface area contributed by atoms with Crippen molar-refractivity contribution in [1.82, 2.24) is 0 Å². The van der Waals surface area contributed by atoms with E-state index in [1.54, 1.807) is 72.8 Å². The van der Waals surface area contributed by atoms with Crippen molar-refractivity contribution < 1.29 is 19.2 Å². The van der Waals surface area contributed by atoms with Crippen LogP contribution in [0.2, 0.25) is 0 Å². The van der Waals surface area contributed by atoms with Crippen LogP contribution in [-0.4, -0.2) is 36.3 Å². The summed E-state index contributed by atoms with van der Waals surface area (Å²) in [7, 11) is -7.53. The summed E-state index contributed by atoms with van der Waals surface area (Å²) >= 11 is 0. The minimum atomic E-state index is -3.76. The summed E-state index contributed by atoms with van der Waals surface area (Å²) in [6, 6.07) is 23.6. The Labute approximate surface area is 142 Å². The van der Waals surface area contributed by atoms with E-state index in [9.17, 15) is 19.2 Å². The molecule has 3 rings (SSSR count). The molecule has 0 aromatic heterocycles. The van der Waals surface area contributed by atoms with Crippen molar-refractivity contribution in [3.8, 4) is 0 Å². The molecule has 4 nitrogen and oxygen atoms in total. The van der Waals surface area contributed by atoms with Gasteiger partial charge in [0.2, 0.25) is 0 Å². The first-order valence-corrected chi connectivity index (χ1v) is 11.3. The highest BCUT2D eigenvalue weighted by Gasteiger charge is 2.37. The molecular weight excluding hydrogens is 336 g/mol. The van der Waals surface area contributed by atoms with E-state index in [4.69, 9.17) is 0 Å². The van der Waals surface area contributed by atoms with Gasteiger partial charge in [0.25, 0.3) is 0 Å². The Morgan fingerprint density at radius 3 is 0.917 bits per heavy atom. The van der Waals surface area contributed by atoms with Gasteiger partial charge in [-0.15, -0.1) is 0 Å². The molecule has 0 saturated heterocycles. The average molecular weight is 355 g/mol. The van der Waals surface area contributed by atoms with Crippen LogP contribution in [0.15, 0.2) is 84.9 Å². The number of rotatable bonds is 4. The molecule has 0 atom stereocenters. The molecule has 6 heteroatoms. The first kappa shape index (κ1) is 16.8. The molecule has 4 N–H and O–H groups in total. The van der Waals surface area contributed by atoms with E-state index in [-0.39, 0.29) is 0 Å². The van der Waals surface area contributed by atoms with Gasteiger partial charge in [0.1, 0.15) is 0 Å². The van der Waals surface area contributed by atoms with Crippen molar-refractivity contribution in [3.63, 3.8) is 0 Å². The average Bonchev–Trinajstić information content (AvgIpc) is 2.63. The van der Waals surface area contributed by atoms with E-state index >= 15 is 0 Å². The van der Waals surface area contributed by atoms with Crippen LogP contribution in [0.25, 0.3) is 0 Å². The van der Waals surface area contributed by atoms with E-state index in [0.29, 0.717) is 20.7 Å². The van der Waals surface area contributed by atoms with Crippen LogP contribution in [0, 0.1) is 0 Å². The fourth-order valence-corrected chi connectivity index (χ4v) is 5.85. The van der Waals surface area contributed by atoms with Crippen LogP contribution in [0.5, 0.6) is 0 Å². The van der Waals surface area contributed by atoms with Gasteiger partial charge >= 0.3 is 17.1 Å². The summed E-state index contributed by atoms with van der Waals surface area (Å²) in [5.74, 6) is 0. The SMILES string of the molecule is O[Si](O)(c1ccccc1)c1ccc([Si](O)(O)c2ccccc2)cc1. The van der Waals surface area contributed by atoms with Gasteiger partial charge in [-0.2, -0.15) is 0 Å². The fourth-order valence-electron chi connectivity index (χ4n) is 2.61. The first-order valence-electron chi connectivity index (χ1n) is 7.54. The molecule has 0 aliphatic carbocycles. The van der Waals surface area contributed by atoms with Gasteiger partial charge in [0.15, 0.2) is 0 Å². The Morgan fingerprint density at radius 1 is 0.375 bits per heavy atom. The van der Waals surface area contributed by atoms with Crippen molar-refractivity contribution in [3.05, 3.63) is 84.9 Å². The molecule has 0 bridgehead atoms. The smallest absolute Gasteiger partial charge is 0.401 e. The maximum Gasteiger partial charge on any atom is 0.401 e. The molecule has 0 spiro atoms. The highest BCUT2D eigenvalue weighted by molar-refractivity contribution is 6.91. The maximum absolute atomic E-state index is 10.5. The lowest BCUT2D eigenvalue weighted by atomic mass is 10.3. The van der Waals surface area contributed by atoms with Gasteiger partial charge in [-0.3, -0.25) is 0 Å². The van der Waals surface area contributed by atoms with Gasteiger partial charge in [0.05, 0.1) is 0 Å². The Bertz CT molecular complexity index is 733. The van der Waals surface area contributed by atoms with Crippen LogP contribution in [0.4, 0.5) is 0 Å². The van der Waals surface area contributed by atoms with Gasteiger partial charge in [-0.1, -0.05) is 84.9 Å². The lowest BCUT2D eigenvalue weighted by Gasteiger charge is -2.21. The molecule has 122 valence electrons. The third-order valence-corrected chi connectivity index (χ3v) is 8.60. The Hall–Kier alpha value is -2.07. The largest absolute Gasteiger partial charge is 0.404 e. The van der Waals surface area contributed by atoms with Crippen molar-refractivity contribution in [2.24, 2.45) is 0 Å². The van der Waals surface area contributed by atoms with E-state index in [1.807, 2.05) is 12.1 Å². The summed E-state index contributed by atoms with van der Waals surface area (Å²) in [5.41, 5.74) is 0. The summed E-state index contributed by atoms with van der Waals surface area (Å²) in [6.07, 6.45) is 0. The minimum absolute atomic E-state index is 0.398. The third kappa shape index (κ3) is 3.11. The van der Waals surface area contributed by atoms with Crippen LogP contribution < -0.4 is 20.7 Å². The molecular formula is C18H18O4Si2. The van der Waals surface area contributed by atoms with Crippen molar-refractivity contribution >= 4 is 37.9 Å². The van der Waals surface area contributed by atoms with E-state index in [1.165, 1.54) is 0 Å². The number of hydrogen-bond donors (Lipinski definition) is 4. The normalized spacial score (nSPS) is 12.2. The zero-order valence-electron chi connectivity index (χ0n) is 12.9. The van der Waals surface area contributed by atoms with E-state index < -0.39 is 17.1 Å². The summed E-state index contributed by atoms with van der Waals surface area (Å²) in [4.78, 5) is 42.2. The molecule has 24 heavy (non-hydrogen) atoms. The van der Waals surface area contributed by atoms with Gasteiger partial charge < -0.3 is 19.2 Å². The molecule has 3 aromatic carbocycles. The standard InChI is InChI=1S/C18H18O4Si2/c19-23(20,15-7-3-1-4-8-15)17-11-13-18(14-12-17)24(21,22)16-9-5-2-6-10-16/h1-14,19-22H. The third-order valence-electron chi connectivity index (χ3n) is 4.04. The minimum Gasteiger partial charge on any atom is -0.404 e. The molecule has 0 amide bonds. The van der Waals surface area contributed by atoms with Gasteiger partial charge in [-0.05, 0) is 20.7 Å². The second kappa shape index (κ2) is 6.44. The predicted octanol–water partition coefficient (Wildman–Crippen LogP) is -1.23. The second-order valence-corrected chi connectivity index (χ2v) is 10.7. The van der Waals surface area contributed by atoms with Crippen LogP contribution in [0.3, 0.4) is 0 Å². The monoisotopic (exact) mass is 354 g/mol. The Morgan fingerprint density at radius 2 is 0.625 bits per heavy atom. The van der Waals surface area contributed by atoms with Crippen molar-refractivity contribution in [2.45, 2.75) is 0 Å². The Balaban J connectivity index is 1.94. The highest BCUT2D eigenvalue weighted by atomic mass is 28.4. The molecule has 0 heterocycles. The lowest BCUT2D eigenvalue weighted by molar-refractivity contribution is 0.399.